The second-order valence-electron chi connectivity index (χ2n) is 9.12. The Balaban J connectivity index is 0.000000617. The van der Waals surface area contributed by atoms with E-state index >= 15 is 0 Å². The van der Waals surface area contributed by atoms with Crippen LogP contribution in [0, 0.1) is 24.1 Å². The Morgan fingerprint density at radius 2 is 1.53 bits per heavy atom. The van der Waals surface area contributed by atoms with Crippen LogP contribution in [-0.2, 0) is 7.05 Å². The van der Waals surface area contributed by atoms with Gasteiger partial charge in [0.25, 0.3) is 5.82 Å². The van der Waals surface area contributed by atoms with E-state index in [2.05, 4.69) is 104 Å². The zero-order valence-corrected chi connectivity index (χ0v) is 22.9. The summed E-state index contributed by atoms with van der Waals surface area (Å²) in [6.07, 6.45) is 4.84. The van der Waals surface area contributed by atoms with E-state index in [4.69, 9.17) is 28.6 Å². The van der Waals surface area contributed by atoms with Gasteiger partial charge in [0.05, 0.1) is 23.6 Å². The quantitative estimate of drug-likeness (QED) is 0.376. The Hall–Kier alpha value is -3.31. The van der Waals surface area contributed by atoms with Crippen molar-refractivity contribution >= 4 is 28.6 Å². The molecule has 200 valence electrons. The van der Waals surface area contributed by atoms with Crippen molar-refractivity contribution in [2.24, 2.45) is 7.05 Å². The average Bonchev–Trinajstić information content (AvgIpc) is 3.32. The molecule has 2 aromatic heterocycles. The molecule has 2 atom stereocenters. The zero-order valence-electron chi connectivity index (χ0n) is 22.1. The van der Waals surface area contributed by atoms with Gasteiger partial charge in [0.2, 0.25) is 5.82 Å². The fourth-order valence-electron chi connectivity index (χ4n) is 5.13. The van der Waals surface area contributed by atoms with Gasteiger partial charge in [-0.2, -0.15) is 4.98 Å². The van der Waals surface area contributed by atoms with Crippen LogP contribution in [0.5, 0.6) is 0 Å². The molecule has 0 fully saturated rings. The molecular weight excluding hydrogens is 506 g/mol. The predicted octanol–water partition coefficient (Wildman–Crippen LogP) is -0.0882. The third-order valence-electron chi connectivity index (χ3n) is 6.92. The summed E-state index contributed by atoms with van der Waals surface area (Å²) in [5.41, 5.74) is 7.00. The summed E-state index contributed by atoms with van der Waals surface area (Å²) in [4.78, 5) is 13.6. The number of halogens is 1. The molecule has 38 heavy (non-hydrogen) atoms. The Bertz CT molecular complexity index is 1410. The number of fused-ring (bicyclic) bond motifs is 2. The van der Waals surface area contributed by atoms with Crippen LogP contribution in [-0.4, -0.2) is 33.8 Å². The van der Waals surface area contributed by atoms with E-state index in [1.54, 1.807) is 0 Å². The maximum atomic E-state index is 8.49. The first-order chi connectivity index (χ1) is 18.0. The Kier molecular flexibility index (Phi) is 8.17. The number of para-hydroxylation sites is 1. The maximum Gasteiger partial charge on any atom is 0.271 e. The van der Waals surface area contributed by atoms with Crippen molar-refractivity contribution < 1.29 is 33.8 Å². The highest BCUT2D eigenvalue weighted by Gasteiger charge is 2.41. The van der Waals surface area contributed by atoms with Crippen molar-refractivity contribution in [3.05, 3.63) is 77.6 Å². The standard InChI is InChI=1S/C28H31N5.ClHO4/c1-6-32-25(33(7-2)28-27(32)29-19(3)20(4)30-28)18-17-23-22-15-11-12-16-24(22)31(5)26(23)21-13-9-8-10-14-21;2-1(3,4)5/h8-18,25H,6-7H2,1-5H3;(H,2,3,4,5)/b18-17+;. The van der Waals surface area contributed by atoms with Crippen LogP contribution in [0.1, 0.15) is 30.8 Å². The largest absolute Gasteiger partial charge is 0.343 e. The van der Waals surface area contributed by atoms with E-state index in [0.29, 0.717) is 0 Å². The van der Waals surface area contributed by atoms with Gasteiger partial charge in [0, 0.05) is 30.1 Å². The SMILES string of the molecule is CCN1c2nc(C)c(C)nc2[NH+](CC)C1/C=C/c1c(-c2ccccc2)n(C)c2ccccc12.[O-][Cl+3]([O-])([O-])[O-]. The van der Waals surface area contributed by atoms with Crippen molar-refractivity contribution in [2.75, 3.05) is 18.0 Å². The lowest BCUT2D eigenvalue weighted by Gasteiger charge is -2.23. The summed E-state index contributed by atoms with van der Waals surface area (Å²) in [7, 11) is -2.78. The Labute approximate surface area is 224 Å². The summed E-state index contributed by atoms with van der Waals surface area (Å²) < 4.78 is 36.3. The number of nitrogens with zero attached hydrogens (tertiary/aromatic N) is 4. The van der Waals surface area contributed by atoms with Crippen molar-refractivity contribution in [3.63, 3.8) is 0 Å². The molecule has 5 rings (SSSR count). The molecule has 1 aliphatic rings. The molecule has 0 aliphatic carbocycles. The van der Waals surface area contributed by atoms with Crippen molar-refractivity contribution in [1.29, 1.82) is 0 Å². The minimum atomic E-state index is -4.94. The smallest absolute Gasteiger partial charge is 0.271 e. The Morgan fingerprint density at radius 1 is 0.921 bits per heavy atom. The molecule has 3 heterocycles. The minimum Gasteiger partial charge on any atom is -0.343 e. The third-order valence-corrected chi connectivity index (χ3v) is 6.92. The molecule has 0 saturated carbocycles. The van der Waals surface area contributed by atoms with E-state index in [-0.39, 0.29) is 6.17 Å². The molecule has 2 unspecified atom stereocenters. The highest BCUT2D eigenvalue weighted by molar-refractivity contribution is 5.97. The number of benzene rings is 2. The summed E-state index contributed by atoms with van der Waals surface area (Å²) in [5, 5.41) is 1.27. The molecule has 0 spiro atoms. The molecule has 1 N–H and O–H groups in total. The van der Waals surface area contributed by atoms with E-state index < -0.39 is 10.2 Å². The monoisotopic (exact) mass is 537 g/mol. The van der Waals surface area contributed by atoms with Crippen LogP contribution in [0.3, 0.4) is 0 Å². The highest BCUT2D eigenvalue weighted by atomic mass is 35.7. The van der Waals surface area contributed by atoms with Gasteiger partial charge < -0.3 is 4.57 Å². The first-order valence-electron chi connectivity index (χ1n) is 12.5. The first-order valence-corrected chi connectivity index (χ1v) is 13.7. The van der Waals surface area contributed by atoms with E-state index in [1.165, 1.54) is 32.6 Å². The molecule has 0 saturated heterocycles. The fourth-order valence-corrected chi connectivity index (χ4v) is 5.13. The number of aryl methyl sites for hydroxylation is 3. The van der Waals surface area contributed by atoms with Gasteiger partial charge in [-0.15, -0.1) is 10.2 Å². The van der Waals surface area contributed by atoms with E-state index in [1.807, 2.05) is 6.92 Å². The van der Waals surface area contributed by atoms with Crippen LogP contribution >= 0.6 is 0 Å². The van der Waals surface area contributed by atoms with Crippen molar-refractivity contribution in [2.45, 2.75) is 33.9 Å². The number of hydrogen-bond acceptors (Lipinski definition) is 7. The van der Waals surface area contributed by atoms with Crippen LogP contribution in [0.15, 0.2) is 60.7 Å². The molecule has 10 heteroatoms. The molecule has 1 aliphatic heterocycles. The summed E-state index contributed by atoms with van der Waals surface area (Å²) in [6.45, 7) is 10.4. The van der Waals surface area contributed by atoms with Crippen LogP contribution in [0.2, 0.25) is 0 Å². The topological polar surface area (TPSA) is 131 Å². The van der Waals surface area contributed by atoms with Gasteiger partial charge in [-0.1, -0.05) is 48.5 Å². The number of rotatable bonds is 5. The third kappa shape index (κ3) is 5.58. The van der Waals surface area contributed by atoms with Gasteiger partial charge >= 0.3 is 0 Å². The van der Waals surface area contributed by atoms with Gasteiger partial charge in [0.15, 0.2) is 6.17 Å². The highest BCUT2D eigenvalue weighted by Crippen LogP contribution is 2.34. The molecule has 9 nitrogen and oxygen atoms in total. The molecule has 0 bridgehead atoms. The molecular formula is C28H32ClN5O4. The van der Waals surface area contributed by atoms with Gasteiger partial charge in [-0.05, 0) is 51.5 Å². The lowest BCUT2D eigenvalue weighted by molar-refractivity contribution is -2.00. The lowest BCUT2D eigenvalue weighted by Crippen LogP contribution is -3.11. The summed E-state index contributed by atoms with van der Waals surface area (Å²) >= 11 is 0. The second-order valence-corrected chi connectivity index (χ2v) is 9.87. The van der Waals surface area contributed by atoms with E-state index in [0.717, 1.165) is 36.1 Å². The maximum absolute atomic E-state index is 8.49. The molecule has 0 amide bonds. The van der Waals surface area contributed by atoms with Crippen molar-refractivity contribution in [3.8, 4) is 11.3 Å². The van der Waals surface area contributed by atoms with Gasteiger partial charge in [0.1, 0.15) is 0 Å². The summed E-state index contributed by atoms with van der Waals surface area (Å²) in [5.74, 6) is 2.09. The molecule has 0 radical (unpaired) electrons. The Morgan fingerprint density at radius 3 is 2.16 bits per heavy atom. The fraction of sp³-hybridized carbons (Fsp3) is 0.286. The predicted molar refractivity (Wildman–Crippen MR) is 137 cm³/mol. The number of nitrogens with one attached hydrogen (secondary N) is 1. The molecule has 4 aromatic rings. The first kappa shape index (κ1) is 27.7. The lowest BCUT2D eigenvalue weighted by atomic mass is 10.0. The van der Waals surface area contributed by atoms with Crippen LogP contribution in [0.25, 0.3) is 28.2 Å². The number of hydrogen-bond donors (Lipinski definition) is 1. The molecule has 2 aromatic carbocycles. The normalized spacial score (nSPS) is 17.1. The van der Waals surface area contributed by atoms with E-state index in [9.17, 15) is 0 Å². The minimum absolute atomic E-state index is 0.166. The average molecular weight is 538 g/mol. The summed E-state index contributed by atoms with van der Waals surface area (Å²) in [6, 6.07) is 19.3. The van der Waals surface area contributed by atoms with Crippen LogP contribution in [0.4, 0.5) is 11.6 Å². The number of aromatic nitrogens is 3. The van der Waals surface area contributed by atoms with Gasteiger partial charge in [-0.25, -0.2) is 23.6 Å². The van der Waals surface area contributed by atoms with Crippen molar-refractivity contribution in [1.82, 2.24) is 14.5 Å². The number of likely N-dealkylation sites (N-methyl/N-ethyl adjacent to an activating group) is 2. The second kappa shape index (κ2) is 11.2. The van der Waals surface area contributed by atoms with Crippen LogP contribution < -0.4 is 28.4 Å². The zero-order chi connectivity index (χ0) is 27.6. The van der Waals surface area contributed by atoms with Gasteiger partial charge in [-0.3, -0.25) is 9.80 Å². The number of quaternary nitrogens is 1. The number of anilines is 1.